The molecule has 1 aromatic rings. The minimum absolute atomic E-state index is 0.424. The lowest BCUT2D eigenvalue weighted by atomic mass is 9.79. The highest BCUT2D eigenvalue weighted by atomic mass is 32.1. The Morgan fingerprint density at radius 2 is 2.10 bits per heavy atom. The Bertz CT molecular complexity index is 448. The molecule has 1 unspecified atom stereocenters. The summed E-state index contributed by atoms with van der Waals surface area (Å²) in [5.74, 6) is 0. The first-order chi connectivity index (χ1) is 10.3. The number of nitrogens with zero attached hydrogens (tertiary/aromatic N) is 1. The second-order valence-corrected chi connectivity index (χ2v) is 7.91. The van der Waals surface area contributed by atoms with Gasteiger partial charge in [0.25, 0.3) is 0 Å². The first-order valence-corrected chi connectivity index (χ1v) is 9.68. The maximum atomic E-state index is 3.94. The van der Waals surface area contributed by atoms with Crippen LogP contribution in [0, 0.1) is 0 Å². The molecule has 1 N–H and O–H groups in total. The van der Waals surface area contributed by atoms with Crippen LogP contribution in [0.3, 0.4) is 0 Å². The van der Waals surface area contributed by atoms with Gasteiger partial charge in [0.05, 0.1) is 0 Å². The van der Waals surface area contributed by atoms with Crippen LogP contribution in [-0.4, -0.2) is 29.6 Å². The van der Waals surface area contributed by atoms with Gasteiger partial charge in [-0.15, -0.1) is 11.3 Å². The lowest BCUT2D eigenvalue weighted by Crippen LogP contribution is -2.64. The van der Waals surface area contributed by atoms with Gasteiger partial charge in [-0.3, -0.25) is 4.90 Å². The van der Waals surface area contributed by atoms with Crippen LogP contribution in [0.2, 0.25) is 0 Å². The SMILES string of the molecule is CCc1ccsc1CN1CC2(CCCCC2)NCC1CC. The van der Waals surface area contributed by atoms with Crippen LogP contribution in [0.15, 0.2) is 11.4 Å². The molecule has 1 aromatic heterocycles. The highest BCUT2D eigenvalue weighted by Gasteiger charge is 2.39. The van der Waals surface area contributed by atoms with Gasteiger partial charge in [0.2, 0.25) is 0 Å². The van der Waals surface area contributed by atoms with Crippen molar-refractivity contribution in [2.45, 2.75) is 76.9 Å². The number of rotatable bonds is 4. The van der Waals surface area contributed by atoms with E-state index in [1.54, 1.807) is 10.4 Å². The summed E-state index contributed by atoms with van der Waals surface area (Å²) >= 11 is 1.95. The summed E-state index contributed by atoms with van der Waals surface area (Å²) in [7, 11) is 0. The molecule has 3 heteroatoms. The molecule has 0 bridgehead atoms. The maximum Gasteiger partial charge on any atom is 0.0334 e. The highest BCUT2D eigenvalue weighted by Crippen LogP contribution is 2.33. The average Bonchev–Trinajstić information content (AvgIpc) is 2.96. The molecule has 1 atom stereocenters. The van der Waals surface area contributed by atoms with Crippen molar-refractivity contribution in [3.05, 3.63) is 21.9 Å². The van der Waals surface area contributed by atoms with Gasteiger partial charge in [0, 0.05) is 36.1 Å². The quantitative estimate of drug-likeness (QED) is 0.897. The van der Waals surface area contributed by atoms with Gasteiger partial charge in [0.15, 0.2) is 0 Å². The Morgan fingerprint density at radius 3 is 2.81 bits per heavy atom. The van der Waals surface area contributed by atoms with Crippen LogP contribution in [-0.2, 0) is 13.0 Å². The van der Waals surface area contributed by atoms with E-state index in [0.29, 0.717) is 11.6 Å². The smallest absolute Gasteiger partial charge is 0.0334 e. The number of aryl methyl sites for hydroxylation is 1. The van der Waals surface area contributed by atoms with E-state index in [2.05, 4.69) is 35.5 Å². The van der Waals surface area contributed by atoms with Crippen LogP contribution in [0.5, 0.6) is 0 Å². The van der Waals surface area contributed by atoms with E-state index in [9.17, 15) is 0 Å². The van der Waals surface area contributed by atoms with Gasteiger partial charge in [-0.1, -0.05) is 33.1 Å². The van der Waals surface area contributed by atoms with E-state index >= 15 is 0 Å². The summed E-state index contributed by atoms with van der Waals surface area (Å²) in [6.07, 6.45) is 9.46. The number of hydrogen-bond donors (Lipinski definition) is 1. The predicted octanol–water partition coefficient (Wildman–Crippen LogP) is 4.20. The van der Waals surface area contributed by atoms with Crippen molar-refractivity contribution >= 4 is 11.3 Å². The summed E-state index contributed by atoms with van der Waals surface area (Å²) < 4.78 is 0. The summed E-state index contributed by atoms with van der Waals surface area (Å²) in [6, 6.07) is 3.03. The predicted molar refractivity (Wildman–Crippen MR) is 92.0 cm³/mol. The monoisotopic (exact) mass is 306 g/mol. The van der Waals surface area contributed by atoms with Crippen molar-refractivity contribution in [3.63, 3.8) is 0 Å². The van der Waals surface area contributed by atoms with Crippen LogP contribution >= 0.6 is 11.3 Å². The van der Waals surface area contributed by atoms with E-state index in [4.69, 9.17) is 0 Å². The molecule has 118 valence electrons. The first-order valence-electron chi connectivity index (χ1n) is 8.80. The molecule has 1 spiro atoms. The summed E-state index contributed by atoms with van der Waals surface area (Å²) in [5, 5.41) is 6.21. The number of piperazine rings is 1. The van der Waals surface area contributed by atoms with Crippen LogP contribution < -0.4 is 5.32 Å². The van der Waals surface area contributed by atoms with Crippen molar-refractivity contribution in [2.24, 2.45) is 0 Å². The fraction of sp³-hybridized carbons (Fsp3) is 0.778. The van der Waals surface area contributed by atoms with Crippen molar-refractivity contribution < 1.29 is 0 Å². The first kappa shape index (κ1) is 15.5. The lowest BCUT2D eigenvalue weighted by molar-refractivity contribution is 0.0490. The Balaban J connectivity index is 1.73. The molecular weight excluding hydrogens is 276 g/mol. The Kier molecular flexibility index (Phi) is 5.03. The molecule has 1 saturated carbocycles. The van der Waals surface area contributed by atoms with E-state index in [-0.39, 0.29) is 0 Å². The minimum Gasteiger partial charge on any atom is -0.308 e. The Morgan fingerprint density at radius 1 is 1.29 bits per heavy atom. The molecule has 2 heterocycles. The highest BCUT2D eigenvalue weighted by molar-refractivity contribution is 7.10. The second-order valence-electron chi connectivity index (χ2n) is 6.91. The zero-order chi connectivity index (χ0) is 14.7. The standard InChI is InChI=1S/C18H30N2S/c1-3-15-8-11-21-17(15)13-20-14-18(9-6-5-7-10-18)19-12-16(20)4-2/h8,11,16,19H,3-7,9-10,12-14H2,1-2H3. The number of hydrogen-bond acceptors (Lipinski definition) is 3. The number of nitrogens with one attached hydrogen (secondary N) is 1. The molecule has 2 aliphatic rings. The summed E-state index contributed by atoms with van der Waals surface area (Å²) in [5.41, 5.74) is 1.99. The fourth-order valence-electron chi connectivity index (χ4n) is 4.19. The van der Waals surface area contributed by atoms with E-state index < -0.39 is 0 Å². The summed E-state index contributed by atoms with van der Waals surface area (Å²) in [4.78, 5) is 4.39. The average molecular weight is 307 g/mol. The second kappa shape index (κ2) is 6.80. The van der Waals surface area contributed by atoms with Crippen molar-refractivity contribution in [1.82, 2.24) is 10.2 Å². The van der Waals surface area contributed by atoms with Crippen molar-refractivity contribution in [3.8, 4) is 0 Å². The molecule has 2 fully saturated rings. The molecule has 1 aliphatic heterocycles. The minimum atomic E-state index is 0.424. The lowest BCUT2D eigenvalue weighted by Gasteiger charge is -2.49. The molecule has 2 nitrogen and oxygen atoms in total. The van der Waals surface area contributed by atoms with Crippen molar-refractivity contribution in [2.75, 3.05) is 13.1 Å². The molecule has 1 aliphatic carbocycles. The zero-order valence-corrected chi connectivity index (χ0v) is 14.5. The molecular formula is C18H30N2S. The van der Waals surface area contributed by atoms with Gasteiger partial charge in [-0.25, -0.2) is 0 Å². The van der Waals surface area contributed by atoms with Gasteiger partial charge in [-0.2, -0.15) is 0 Å². The molecule has 0 aromatic carbocycles. The third kappa shape index (κ3) is 3.35. The van der Waals surface area contributed by atoms with Crippen LogP contribution in [0.1, 0.15) is 62.8 Å². The van der Waals surface area contributed by atoms with E-state index in [1.807, 2.05) is 11.3 Å². The fourth-order valence-corrected chi connectivity index (χ4v) is 5.19. The molecule has 21 heavy (non-hydrogen) atoms. The van der Waals surface area contributed by atoms with Gasteiger partial charge in [-0.05, 0) is 42.7 Å². The number of thiophene rings is 1. The van der Waals surface area contributed by atoms with Gasteiger partial charge < -0.3 is 5.32 Å². The third-order valence-corrected chi connectivity index (χ3v) is 6.53. The molecule has 0 radical (unpaired) electrons. The van der Waals surface area contributed by atoms with Crippen molar-refractivity contribution in [1.29, 1.82) is 0 Å². The van der Waals surface area contributed by atoms with Gasteiger partial charge in [0.1, 0.15) is 0 Å². The molecule has 3 rings (SSSR count). The largest absolute Gasteiger partial charge is 0.308 e. The maximum absolute atomic E-state index is 3.94. The Hall–Kier alpha value is -0.380. The molecule has 1 saturated heterocycles. The normalized spacial score (nSPS) is 26.3. The zero-order valence-electron chi connectivity index (χ0n) is 13.7. The van der Waals surface area contributed by atoms with Crippen LogP contribution in [0.25, 0.3) is 0 Å². The van der Waals surface area contributed by atoms with E-state index in [1.165, 1.54) is 64.6 Å². The third-order valence-electron chi connectivity index (χ3n) is 5.58. The van der Waals surface area contributed by atoms with Gasteiger partial charge >= 0.3 is 0 Å². The topological polar surface area (TPSA) is 15.3 Å². The van der Waals surface area contributed by atoms with Crippen LogP contribution in [0.4, 0.5) is 0 Å². The Labute approximate surface area is 133 Å². The summed E-state index contributed by atoms with van der Waals surface area (Å²) in [6.45, 7) is 8.23. The molecule has 0 amide bonds. The van der Waals surface area contributed by atoms with E-state index in [0.717, 1.165) is 0 Å².